The Morgan fingerprint density at radius 2 is 1.66 bits per heavy atom. The second-order valence-corrected chi connectivity index (χ2v) is 8.40. The zero-order chi connectivity index (χ0) is 24.5. The molecule has 0 saturated carbocycles. The van der Waals surface area contributed by atoms with Crippen molar-refractivity contribution in [1.82, 2.24) is 19.7 Å². The number of hydrogen-bond donors (Lipinski definition) is 2. The van der Waals surface area contributed by atoms with Gasteiger partial charge in [0.05, 0.1) is 12.2 Å². The maximum atomic E-state index is 13.5. The maximum absolute atomic E-state index is 13.5. The number of nitrogens with one attached hydrogen (secondary N) is 1. The van der Waals surface area contributed by atoms with Crippen molar-refractivity contribution in [3.8, 4) is 28.1 Å². The van der Waals surface area contributed by atoms with Gasteiger partial charge in [-0.2, -0.15) is 4.68 Å². The molecule has 35 heavy (non-hydrogen) atoms. The Hall–Kier alpha value is -4.46. The first-order valence-electron chi connectivity index (χ1n) is 11.5. The van der Waals surface area contributed by atoms with Crippen LogP contribution in [0.15, 0.2) is 71.5 Å². The first-order valence-corrected chi connectivity index (χ1v) is 11.5. The number of hydrogen-bond acceptors (Lipinski definition) is 5. The SMILES string of the molecule is CCOc1ccccc1Cn1[nH]c2c(-c3cc(C)nc(C)c3)c(-c3ccccc3)nc(N)[n+]2c1=O. The van der Waals surface area contributed by atoms with Crippen LogP contribution in [0.4, 0.5) is 5.95 Å². The van der Waals surface area contributed by atoms with Crippen molar-refractivity contribution < 1.29 is 9.14 Å². The zero-order valence-electron chi connectivity index (χ0n) is 19.9. The third-order valence-electron chi connectivity index (χ3n) is 5.83. The number of fused-ring (bicyclic) bond motifs is 1. The average Bonchev–Trinajstić information content (AvgIpc) is 3.16. The number of benzene rings is 2. The first kappa shape index (κ1) is 22.3. The van der Waals surface area contributed by atoms with Crippen LogP contribution in [0.2, 0.25) is 0 Å². The number of aromatic nitrogens is 5. The Bertz CT molecular complexity index is 1570. The topological polar surface area (TPSA) is 103 Å². The highest BCUT2D eigenvalue weighted by molar-refractivity contribution is 5.88. The highest BCUT2D eigenvalue weighted by Crippen LogP contribution is 2.33. The molecule has 0 unspecified atom stereocenters. The second kappa shape index (κ2) is 9.06. The Morgan fingerprint density at radius 3 is 2.37 bits per heavy atom. The molecule has 2 aromatic carbocycles. The fourth-order valence-corrected chi connectivity index (χ4v) is 4.42. The van der Waals surface area contributed by atoms with Crippen LogP contribution in [0.1, 0.15) is 23.9 Å². The number of aromatic amines is 1. The fourth-order valence-electron chi connectivity index (χ4n) is 4.42. The van der Waals surface area contributed by atoms with E-state index in [1.54, 1.807) is 0 Å². The third-order valence-corrected chi connectivity index (χ3v) is 5.83. The van der Waals surface area contributed by atoms with Crippen molar-refractivity contribution in [3.05, 3.63) is 94.2 Å². The lowest BCUT2D eigenvalue weighted by atomic mass is 9.99. The minimum absolute atomic E-state index is 0.114. The molecule has 0 aliphatic carbocycles. The molecule has 8 heteroatoms. The van der Waals surface area contributed by atoms with Crippen LogP contribution >= 0.6 is 0 Å². The summed E-state index contributed by atoms with van der Waals surface area (Å²) in [6.07, 6.45) is 0. The molecule has 5 rings (SSSR count). The summed E-state index contributed by atoms with van der Waals surface area (Å²) in [6.45, 7) is 6.67. The van der Waals surface area contributed by atoms with Crippen molar-refractivity contribution in [1.29, 1.82) is 0 Å². The van der Waals surface area contributed by atoms with Gasteiger partial charge < -0.3 is 10.5 Å². The van der Waals surface area contributed by atoms with E-state index >= 15 is 0 Å². The number of pyridine rings is 1. The van der Waals surface area contributed by atoms with Crippen molar-refractivity contribution in [2.45, 2.75) is 27.3 Å². The number of aryl methyl sites for hydroxylation is 2. The van der Waals surface area contributed by atoms with Gasteiger partial charge in [0.1, 0.15) is 18.0 Å². The van der Waals surface area contributed by atoms with Gasteiger partial charge in [0.2, 0.25) is 5.65 Å². The van der Waals surface area contributed by atoms with E-state index in [2.05, 4.69) is 10.1 Å². The molecule has 0 spiro atoms. The molecule has 0 radical (unpaired) electrons. The van der Waals surface area contributed by atoms with Gasteiger partial charge in [-0.05, 0) is 44.5 Å². The molecule has 0 saturated heterocycles. The highest BCUT2D eigenvalue weighted by Gasteiger charge is 2.26. The molecular formula is C27H27N6O2+. The van der Waals surface area contributed by atoms with Crippen LogP contribution in [-0.2, 0) is 6.54 Å². The minimum atomic E-state index is -0.306. The lowest BCUT2D eigenvalue weighted by Crippen LogP contribution is -2.44. The highest BCUT2D eigenvalue weighted by atomic mass is 16.5. The van der Waals surface area contributed by atoms with Crippen molar-refractivity contribution in [3.63, 3.8) is 0 Å². The lowest BCUT2D eigenvalue weighted by molar-refractivity contribution is -0.516. The number of anilines is 1. The van der Waals surface area contributed by atoms with Gasteiger partial charge in [-0.3, -0.25) is 4.98 Å². The van der Waals surface area contributed by atoms with E-state index < -0.39 is 0 Å². The van der Waals surface area contributed by atoms with E-state index in [0.717, 1.165) is 39.4 Å². The molecular weight excluding hydrogens is 440 g/mol. The number of nitrogen functional groups attached to an aromatic ring is 1. The van der Waals surface area contributed by atoms with Gasteiger partial charge in [0.15, 0.2) is 0 Å². The molecule has 0 bridgehead atoms. The smallest absolute Gasteiger partial charge is 0.428 e. The van der Waals surface area contributed by atoms with Gasteiger partial charge in [-0.15, -0.1) is 9.38 Å². The average molecular weight is 468 g/mol. The van der Waals surface area contributed by atoms with E-state index in [-0.39, 0.29) is 11.6 Å². The molecule has 176 valence electrons. The number of nitrogens with zero attached hydrogens (tertiary/aromatic N) is 4. The number of H-pyrrole nitrogens is 1. The molecule has 0 fully saturated rings. The molecule has 0 aliphatic heterocycles. The normalized spacial score (nSPS) is 11.2. The molecule has 3 N–H and O–H groups in total. The zero-order valence-corrected chi connectivity index (χ0v) is 19.9. The van der Waals surface area contributed by atoms with Gasteiger partial charge >= 0.3 is 11.6 Å². The van der Waals surface area contributed by atoms with Crippen LogP contribution in [0.5, 0.6) is 5.75 Å². The van der Waals surface area contributed by atoms with E-state index in [0.29, 0.717) is 24.5 Å². The van der Waals surface area contributed by atoms with Crippen molar-refractivity contribution >= 4 is 11.6 Å². The van der Waals surface area contributed by atoms with E-state index in [4.69, 9.17) is 15.5 Å². The molecule has 5 aromatic rings. The maximum Gasteiger partial charge on any atom is 0.428 e. The molecule has 0 amide bonds. The molecule has 3 aromatic heterocycles. The molecule has 8 nitrogen and oxygen atoms in total. The standard InChI is InChI=1S/C27H26N6O2/c1-4-35-22-13-9-8-12-20(22)16-32-27(34)33-25(31-32)23(21-14-17(2)29-18(3)15-21)24(30-26(33)28)19-10-6-5-7-11-19/h5-15H,4,16H2,1-3H3,(H2,28,29,30,31)/p+1. The van der Waals surface area contributed by atoms with Gasteiger partial charge in [0.25, 0.3) is 0 Å². The largest absolute Gasteiger partial charge is 0.493 e. The fraction of sp³-hybridized carbons (Fsp3) is 0.185. The van der Waals surface area contributed by atoms with Crippen molar-refractivity contribution in [2.24, 2.45) is 0 Å². The number of rotatable bonds is 6. The first-order chi connectivity index (χ1) is 17.0. The quantitative estimate of drug-likeness (QED) is 0.371. The molecule has 0 aliphatic rings. The Labute approximate surface area is 202 Å². The third kappa shape index (κ3) is 4.14. The van der Waals surface area contributed by atoms with E-state index in [1.165, 1.54) is 9.08 Å². The Balaban J connectivity index is 1.79. The summed E-state index contributed by atoms with van der Waals surface area (Å²) in [5.41, 5.74) is 12.6. The van der Waals surface area contributed by atoms with E-state index in [9.17, 15) is 4.79 Å². The minimum Gasteiger partial charge on any atom is -0.493 e. The predicted octanol–water partition coefficient (Wildman–Crippen LogP) is 3.69. The second-order valence-electron chi connectivity index (χ2n) is 8.40. The predicted molar refractivity (Wildman–Crippen MR) is 135 cm³/mol. The van der Waals surface area contributed by atoms with Crippen LogP contribution in [0.25, 0.3) is 28.0 Å². The monoisotopic (exact) mass is 467 g/mol. The van der Waals surface area contributed by atoms with Gasteiger partial charge in [-0.25, -0.2) is 9.89 Å². The van der Waals surface area contributed by atoms with Crippen LogP contribution in [0, 0.1) is 13.8 Å². The van der Waals surface area contributed by atoms with Crippen LogP contribution < -0.4 is 20.6 Å². The van der Waals surface area contributed by atoms with Crippen molar-refractivity contribution in [2.75, 3.05) is 12.3 Å². The summed E-state index contributed by atoms with van der Waals surface area (Å²) in [7, 11) is 0. The summed E-state index contributed by atoms with van der Waals surface area (Å²) in [5, 5.41) is 3.31. The summed E-state index contributed by atoms with van der Waals surface area (Å²) in [4.78, 5) is 22.7. The summed E-state index contributed by atoms with van der Waals surface area (Å²) in [5.74, 6) is 0.852. The van der Waals surface area contributed by atoms with Crippen LogP contribution in [-0.4, -0.2) is 26.4 Å². The van der Waals surface area contributed by atoms with Gasteiger partial charge in [0, 0.05) is 22.5 Å². The van der Waals surface area contributed by atoms with Crippen LogP contribution in [0.3, 0.4) is 0 Å². The molecule has 3 heterocycles. The summed E-state index contributed by atoms with van der Waals surface area (Å²) in [6, 6.07) is 21.5. The number of nitrogens with two attached hydrogens (primary N) is 1. The van der Waals surface area contributed by atoms with E-state index in [1.807, 2.05) is 87.5 Å². The number of ether oxygens (including phenoxy) is 1. The number of para-hydroxylation sites is 1. The Morgan fingerprint density at radius 1 is 0.971 bits per heavy atom. The Kier molecular flexibility index (Phi) is 5.78. The molecule has 0 atom stereocenters. The lowest BCUT2D eigenvalue weighted by Gasteiger charge is -2.10. The van der Waals surface area contributed by atoms with Gasteiger partial charge in [-0.1, -0.05) is 48.5 Å². The summed E-state index contributed by atoms with van der Waals surface area (Å²) < 4.78 is 8.72. The summed E-state index contributed by atoms with van der Waals surface area (Å²) >= 11 is 0.